The Morgan fingerprint density at radius 3 is 2.72 bits per heavy atom. The van der Waals surface area contributed by atoms with Gasteiger partial charge in [-0.2, -0.15) is 5.26 Å². The van der Waals surface area contributed by atoms with E-state index in [4.69, 9.17) is 23.9 Å². The molecular formula is C28H26N4O4. The van der Waals surface area contributed by atoms with Crippen LogP contribution in [0.4, 0.5) is 0 Å². The van der Waals surface area contributed by atoms with Crippen LogP contribution >= 0.6 is 0 Å². The molecule has 2 aliphatic rings. The maximum absolute atomic E-state index is 9.11. The summed E-state index contributed by atoms with van der Waals surface area (Å²) in [4.78, 5) is 4.67. The second-order valence-corrected chi connectivity index (χ2v) is 9.25. The summed E-state index contributed by atoms with van der Waals surface area (Å²) in [7, 11) is 3.25. The van der Waals surface area contributed by atoms with E-state index in [9.17, 15) is 0 Å². The Morgan fingerprint density at radius 1 is 1.11 bits per heavy atom. The van der Waals surface area contributed by atoms with Crippen molar-refractivity contribution in [3.8, 4) is 29.0 Å². The van der Waals surface area contributed by atoms with Crippen LogP contribution in [0.3, 0.4) is 0 Å². The first-order valence-corrected chi connectivity index (χ1v) is 12.1. The molecule has 0 radical (unpaired) electrons. The molecule has 1 saturated carbocycles. The molecule has 2 aromatic carbocycles. The van der Waals surface area contributed by atoms with Gasteiger partial charge in [-0.1, -0.05) is 18.6 Å². The predicted molar refractivity (Wildman–Crippen MR) is 134 cm³/mol. The van der Waals surface area contributed by atoms with Crippen LogP contribution in [0, 0.1) is 17.2 Å². The van der Waals surface area contributed by atoms with Crippen molar-refractivity contribution in [1.82, 2.24) is 9.66 Å². The van der Waals surface area contributed by atoms with Crippen LogP contribution in [0.2, 0.25) is 0 Å². The van der Waals surface area contributed by atoms with Gasteiger partial charge in [0.25, 0.3) is 0 Å². The van der Waals surface area contributed by atoms with Crippen molar-refractivity contribution >= 4 is 16.9 Å². The predicted octanol–water partition coefficient (Wildman–Crippen LogP) is 5.50. The SMILES string of the molecule is COC1=Nn2cc(-c3cc4c(OC[C@@H]5CCCC5c5ccc(C#N)cc5)cc(OC)cc4o3)nc2C1. The highest BCUT2D eigenvalue weighted by atomic mass is 16.5. The Kier molecular flexibility index (Phi) is 5.61. The molecule has 1 aliphatic carbocycles. The molecule has 3 heterocycles. The zero-order valence-electron chi connectivity index (χ0n) is 20.2. The third kappa shape index (κ3) is 3.97. The van der Waals surface area contributed by atoms with E-state index in [0.717, 1.165) is 29.8 Å². The van der Waals surface area contributed by atoms with Crippen LogP contribution < -0.4 is 9.47 Å². The molecule has 0 saturated heterocycles. The third-order valence-corrected chi connectivity index (χ3v) is 7.16. The highest BCUT2D eigenvalue weighted by Gasteiger charge is 2.29. The molecule has 182 valence electrons. The van der Waals surface area contributed by atoms with Gasteiger partial charge in [0.1, 0.15) is 28.6 Å². The Labute approximate surface area is 208 Å². The fraction of sp³-hybridized carbons (Fsp3) is 0.321. The summed E-state index contributed by atoms with van der Waals surface area (Å²) in [5.74, 6) is 4.33. The number of aromatic nitrogens is 2. The topological polar surface area (TPSA) is 94.8 Å². The lowest BCUT2D eigenvalue weighted by atomic mass is 9.89. The van der Waals surface area contributed by atoms with Crippen molar-refractivity contribution in [2.24, 2.45) is 11.0 Å². The molecule has 4 aromatic rings. The fourth-order valence-corrected chi connectivity index (χ4v) is 5.26. The van der Waals surface area contributed by atoms with Crippen LogP contribution in [0.5, 0.6) is 11.5 Å². The Hall–Kier alpha value is -4.25. The highest BCUT2D eigenvalue weighted by molar-refractivity contribution is 5.89. The van der Waals surface area contributed by atoms with Gasteiger partial charge >= 0.3 is 0 Å². The maximum Gasteiger partial charge on any atom is 0.214 e. The summed E-state index contributed by atoms with van der Waals surface area (Å²) in [5.41, 5.74) is 3.35. The molecule has 6 rings (SSSR count). The van der Waals surface area contributed by atoms with Crippen molar-refractivity contribution < 1.29 is 18.6 Å². The number of nitrogens with zero attached hydrogens (tertiary/aromatic N) is 4. The van der Waals surface area contributed by atoms with Gasteiger partial charge in [0.15, 0.2) is 5.76 Å². The average Bonchev–Trinajstić information content (AvgIpc) is 3.69. The standard InChI is InChI=1S/C28H26N4O4/c1-33-20-10-24(35-16-19-4-3-5-21(19)18-8-6-17(14-29)7-9-18)22-12-26(36-25(22)11-20)23-15-32-27(30-23)13-28(31-32)34-2/h6-12,15,19,21H,3-5,13,16H2,1-2H3/t19-,21?/m0/s1. The number of hydrogen-bond acceptors (Lipinski definition) is 7. The van der Waals surface area contributed by atoms with E-state index in [0.29, 0.717) is 59.1 Å². The number of imidazole rings is 1. The van der Waals surface area contributed by atoms with E-state index in [2.05, 4.69) is 28.3 Å². The van der Waals surface area contributed by atoms with Gasteiger partial charge in [-0.15, -0.1) is 5.10 Å². The van der Waals surface area contributed by atoms with Crippen molar-refractivity contribution in [3.63, 3.8) is 0 Å². The third-order valence-electron chi connectivity index (χ3n) is 7.16. The molecule has 2 aromatic heterocycles. The molecule has 8 nitrogen and oxygen atoms in total. The van der Waals surface area contributed by atoms with Gasteiger partial charge in [0.2, 0.25) is 5.90 Å². The number of ether oxygens (including phenoxy) is 3. The summed E-state index contributed by atoms with van der Waals surface area (Å²) < 4.78 is 25.1. The van der Waals surface area contributed by atoms with Gasteiger partial charge in [-0.3, -0.25) is 0 Å². The molecule has 1 fully saturated rings. The quantitative estimate of drug-likeness (QED) is 0.360. The van der Waals surface area contributed by atoms with Gasteiger partial charge < -0.3 is 18.6 Å². The first-order chi connectivity index (χ1) is 17.6. The number of rotatable bonds is 6. The molecule has 0 amide bonds. The van der Waals surface area contributed by atoms with E-state index in [-0.39, 0.29) is 0 Å². The minimum atomic E-state index is 0.398. The van der Waals surface area contributed by atoms with Crippen LogP contribution in [0.25, 0.3) is 22.4 Å². The monoisotopic (exact) mass is 482 g/mol. The van der Waals surface area contributed by atoms with Crippen LogP contribution in [0.15, 0.2) is 58.2 Å². The number of hydrogen-bond donors (Lipinski definition) is 0. The van der Waals surface area contributed by atoms with Crippen LogP contribution in [0.1, 0.15) is 42.1 Å². The molecule has 1 unspecified atom stereocenters. The smallest absolute Gasteiger partial charge is 0.214 e. The van der Waals surface area contributed by atoms with Crippen molar-refractivity contribution in [2.75, 3.05) is 20.8 Å². The number of methoxy groups -OCH3 is 2. The second kappa shape index (κ2) is 9.08. The van der Waals surface area contributed by atoms with Crippen molar-refractivity contribution in [2.45, 2.75) is 31.6 Å². The van der Waals surface area contributed by atoms with Gasteiger partial charge in [0.05, 0.1) is 50.5 Å². The summed E-state index contributed by atoms with van der Waals surface area (Å²) in [5, 5.41) is 14.4. The summed E-state index contributed by atoms with van der Waals surface area (Å²) in [6.45, 7) is 0.598. The molecule has 0 spiro atoms. The van der Waals surface area contributed by atoms with Gasteiger partial charge in [-0.25, -0.2) is 9.66 Å². The lowest BCUT2D eigenvalue weighted by Crippen LogP contribution is -2.15. The Balaban J connectivity index is 1.26. The van der Waals surface area contributed by atoms with E-state index in [1.54, 1.807) is 18.9 Å². The zero-order valence-corrected chi connectivity index (χ0v) is 20.2. The number of benzene rings is 2. The number of furan rings is 1. The number of nitriles is 1. The van der Waals surface area contributed by atoms with E-state index in [1.807, 2.05) is 36.5 Å². The van der Waals surface area contributed by atoms with E-state index in [1.165, 1.54) is 12.0 Å². The lowest BCUT2D eigenvalue weighted by molar-refractivity contribution is 0.240. The minimum absolute atomic E-state index is 0.398. The zero-order chi connectivity index (χ0) is 24.6. The minimum Gasteiger partial charge on any atom is -0.496 e. The maximum atomic E-state index is 9.11. The molecule has 0 bridgehead atoms. The number of fused-ring (bicyclic) bond motifs is 2. The summed E-state index contributed by atoms with van der Waals surface area (Å²) in [6.07, 6.45) is 5.80. The molecule has 2 atom stereocenters. The normalized spacial score (nSPS) is 18.6. The first kappa shape index (κ1) is 22.2. The molecular weight excluding hydrogens is 456 g/mol. The Bertz CT molecular complexity index is 1490. The largest absolute Gasteiger partial charge is 0.496 e. The second-order valence-electron chi connectivity index (χ2n) is 9.25. The lowest BCUT2D eigenvalue weighted by Gasteiger charge is -2.21. The van der Waals surface area contributed by atoms with E-state index < -0.39 is 0 Å². The summed E-state index contributed by atoms with van der Waals surface area (Å²) >= 11 is 0. The van der Waals surface area contributed by atoms with Gasteiger partial charge in [-0.05, 0) is 48.4 Å². The highest BCUT2D eigenvalue weighted by Crippen LogP contribution is 2.42. The van der Waals surface area contributed by atoms with Gasteiger partial charge in [0, 0.05) is 12.1 Å². The molecule has 1 aliphatic heterocycles. The van der Waals surface area contributed by atoms with Crippen molar-refractivity contribution in [1.29, 1.82) is 5.26 Å². The molecule has 0 N–H and O–H groups in total. The first-order valence-electron chi connectivity index (χ1n) is 12.1. The summed E-state index contributed by atoms with van der Waals surface area (Å²) in [6, 6.07) is 15.9. The average molecular weight is 483 g/mol. The van der Waals surface area contributed by atoms with Crippen molar-refractivity contribution in [3.05, 3.63) is 65.6 Å². The molecule has 8 heteroatoms. The van der Waals surface area contributed by atoms with Crippen LogP contribution in [-0.4, -0.2) is 36.4 Å². The van der Waals surface area contributed by atoms with Crippen LogP contribution in [-0.2, 0) is 11.2 Å². The molecule has 36 heavy (non-hydrogen) atoms. The van der Waals surface area contributed by atoms with E-state index >= 15 is 0 Å². The fourth-order valence-electron chi connectivity index (χ4n) is 5.26. The Morgan fingerprint density at radius 2 is 1.97 bits per heavy atom.